The molecule has 8 heteroatoms. The molecule has 1 N–H and O–H groups in total. The van der Waals surface area contributed by atoms with Gasteiger partial charge in [0.05, 0.1) is 6.26 Å². The number of hydrogen-bond acceptors (Lipinski definition) is 6. The quantitative estimate of drug-likeness (QED) is 0.851. The molecule has 2 atom stereocenters. The van der Waals surface area contributed by atoms with Crippen molar-refractivity contribution in [2.45, 2.75) is 58.7 Å². The van der Waals surface area contributed by atoms with Crippen LogP contribution in [-0.4, -0.2) is 37.9 Å². The monoisotopic (exact) mass is 364 g/mol. The van der Waals surface area contributed by atoms with Crippen LogP contribution in [0.15, 0.2) is 28.2 Å². The summed E-state index contributed by atoms with van der Waals surface area (Å²) in [4.78, 5) is 27.5. The minimum atomic E-state index is -0.877. The Balaban J connectivity index is 2.46. The first kappa shape index (κ1) is 19.1. The fourth-order valence-electron chi connectivity index (χ4n) is 2.44. The van der Waals surface area contributed by atoms with E-state index in [1.54, 1.807) is 17.5 Å². The van der Waals surface area contributed by atoms with Crippen LogP contribution in [0.3, 0.4) is 0 Å². The third-order valence-corrected chi connectivity index (χ3v) is 4.22. The summed E-state index contributed by atoms with van der Waals surface area (Å²) in [6.45, 7) is 9.54. The van der Waals surface area contributed by atoms with Gasteiger partial charge in [0.1, 0.15) is 5.76 Å². The Hall–Kier alpha value is -2.22. The number of carbonyl (C=O) groups is 2. The maximum absolute atomic E-state index is 13.0. The second-order valence-corrected chi connectivity index (χ2v) is 7.53. The Kier molecular flexibility index (Phi) is 5.94. The van der Waals surface area contributed by atoms with Gasteiger partial charge >= 0.3 is 0 Å². The van der Waals surface area contributed by atoms with E-state index in [4.69, 9.17) is 4.42 Å². The van der Waals surface area contributed by atoms with Crippen LogP contribution in [0.2, 0.25) is 0 Å². The topological polar surface area (TPSA) is 88.3 Å². The molecule has 0 saturated heterocycles. The van der Waals surface area contributed by atoms with Gasteiger partial charge in [-0.15, -0.1) is 5.10 Å². The number of hydrogen-bond donors (Lipinski definition) is 1. The fourth-order valence-corrected chi connectivity index (χ4v) is 2.87. The van der Waals surface area contributed by atoms with Gasteiger partial charge in [0, 0.05) is 17.0 Å². The van der Waals surface area contributed by atoms with Crippen LogP contribution in [0, 0.1) is 0 Å². The number of nitrogens with zero attached hydrogens (tertiary/aromatic N) is 3. The Morgan fingerprint density at radius 3 is 2.60 bits per heavy atom. The van der Waals surface area contributed by atoms with Gasteiger partial charge in [-0.05, 0) is 57.8 Å². The number of amides is 2. The summed E-state index contributed by atoms with van der Waals surface area (Å²) in [5.41, 5.74) is -0.209. The summed E-state index contributed by atoms with van der Waals surface area (Å²) in [6, 6.07) is 2.35. The maximum Gasteiger partial charge on any atom is 0.276 e. The van der Waals surface area contributed by atoms with Crippen LogP contribution >= 0.6 is 11.5 Å². The summed E-state index contributed by atoms with van der Waals surface area (Å²) >= 11 is 1.10. The first-order valence-corrected chi connectivity index (χ1v) is 9.03. The molecule has 2 amide bonds. The molecule has 0 radical (unpaired) electrons. The lowest BCUT2D eigenvalue weighted by atomic mass is 10.0. The molecule has 25 heavy (non-hydrogen) atoms. The third-order valence-electron chi connectivity index (χ3n) is 3.72. The van der Waals surface area contributed by atoms with Gasteiger partial charge in [0.25, 0.3) is 11.8 Å². The van der Waals surface area contributed by atoms with E-state index in [2.05, 4.69) is 14.9 Å². The second-order valence-electron chi connectivity index (χ2n) is 6.92. The molecule has 0 fully saturated rings. The van der Waals surface area contributed by atoms with E-state index in [0.29, 0.717) is 12.2 Å². The molecule has 0 aromatic carbocycles. The number of rotatable bonds is 6. The zero-order valence-corrected chi connectivity index (χ0v) is 16.0. The molecular formula is C17H24N4O3S. The molecule has 0 aliphatic rings. The van der Waals surface area contributed by atoms with Crippen molar-refractivity contribution in [3.8, 4) is 0 Å². The second kappa shape index (κ2) is 7.77. The fraction of sp³-hybridized carbons (Fsp3) is 0.529. The van der Waals surface area contributed by atoms with E-state index in [9.17, 15) is 9.59 Å². The summed E-state index contributed by atoms with van der Waals surface area (Å²) in [6.07, 6.45) is 2.18. The van der Waals surface area contributed by atoms with Crippen molar-refractivity contribution < 1.29 is 14.0 Å². The minimum absolute atomic E-state index is 0.185. The van der Waals surface area contributed by atoms with Crippen LogP contribution < -0.4 is 5.32 Å². The van der Waals surface area contributed by atoms with Gasteiger partial charge < -0.3 is 14.6 Å². The van der Waals surface area contributed by atoms with Gasteiger partial charge in [-0.25, -0.2) is 0 Å². The van der Waals surface area contributed by atoms with Crippen molar-refractivity contribution in [3.05, 3.63) is 35.2 Å². The van der Waals surface area contributed by atoms with Crippen LogP contribution in [0.4, 0.5) is 0 Å². The van der Waals surface area contributed by atoms with Crippen molar-refractivity contribution in [1.29, 1.82) is 0 Å². The van der Waals surface area contributed by atoms with Gasteiger partial charge in [-0.1, -0.05) is 11.4 Å². The molecule has 2 aromatic rings. The van der Waals surface area contributed by atoms with E-state index in [0.717, 1.165) is 11.5 Å². The molecule has 2 rings (SSSR count). The number of nitrogens with one attached hydrogen (secondary N) is 1. The highest BCUT2D eigenvalue weighted by Gasteiger charge is 2.38. The van der Waals surface area contributed by atoms with Crippen molar-refractivity contribution in [3.63, 3.8) is 0 Å². The van der Waals surface area contributed by atoms with Crippen LogP contribution in [0.5, 0.6) is 0 Å². The zero-order chi connectivity index (χ0) is 18.6. The van der Waals surface area contributed by atoms with E-state index in [-0.39, 0.29) is 23.6 Å². The molecule has 0 aliphatic carbocycles. The standard InChI is InChI=1S/C17H24N4O3S/c1-6-11(2)21(16(23)12-10-25-20-19-12)14(13-8-7-9-24-13)15(22)18-17(3,4)5/h7-11,14H,6H2,1-5H3,(H,18,22)/t11-,14+/m1/s1. The van der Waals surface area contributed by atoms with E-state index >= 15 is 0 Å². The molecule has 2 heterocycles. The Morgan fingerprint density at radius 2 is 2.12 bits per heavy atom. The summed E-state index contributed by atoms with van der Waals surface area (Å²) in [5.74, 6) is -0.216. The van der Waals surface area contributed by atoms with E-state index < -0.39 is 11.6 Å². The van der Waals surface area contributed by atoms with Crippen LogP contribution in [-0.2, 0) is 4.79 Å². The minimum Gasteiger partial charge on any atom is -0.467 e. The molecule has 0 saturated carbocycles. The van der Waals surface area contributed by atoms with E-state index in [1.807, 2.05) is 34.6 Å². The highest BCUT2D eigenvalue weighted by Crippen LogP contribution is 2.27. The highest BCUT2D eigenvalue weighted by molar-refractivity contribution is 7.03. The van der Waals surface area contributed by atoms with Gasteiger partial charge in [-0.2, -0.15) is 0 Å². The Morgan fingerprint density at radius 1 is 1.40 bits per heavy atom. The Labute approximate surface area is 151 Å². The molecule has 0 aliphatic heterocycles. The lowest BCUT2D eigenvalue weighted by Crippen LogP contribution is -2.51. The van der Waals surface area contributed by atoms with Gasteiger partial charge in [-0.3, -0.25) is 9.59 Å². The SMILES string of the molecule is CC[C@@H](C)N(C(=O)c1csnn1)[C@H](C(=O)NC(C)(C)C)c1ccco1. The lowest BCUT2D eigenvalue weighted by molar-refractivity contribution is -0.128. The van der Waals surface area contributed by atoms with E-state index in [1.165, 1.54) is 11.2 Å². The van der Waals surface area contributed by atoms with Gasteiger partial charge in [0.2, 0.25) is 0 Å². The number of aromatic nitrogens is 2. The lowest BCUT2D eigenvalue weighted by Gasteiger charge is -2.35. The van der Waals surface area contributed by atoms with Crippen molar-refractivity contribution >= 4 is 23.3 Å². The molecule has 7 nitrogen and oxygen atoms in total. The first-order valence-electron chi connectivity index (χ1n) is 8.19. The molecule has 2 aromatic heterocycles. The average molecular weight is 364 g/mol. The normalized spacial score (nSPS) is 14.0. The highest BCUT2D eigenvalue weighted by atomic mass is 32.1. The predicted molar refractivity (Wildman–Crippen MR) is 95.2 cm³/mol. The molecule has 136 valence electrons. The summed E-state index contributed by atoms with van der Waals surface area (Å²) in [5, 5.41) is 8.39. The summed E-state index contributed by atoms with van der Waals surface area (Å²) in [7, 11) is 0. The maximum atomic E-state index is 13.0. The Bertz CT molecular complexity index is 692. The van der Waals surface area contributed by atoms with Crippen molar-refractivity contribution in [2.75, 3.05) is 0 Å². The predicted octanol–water partition coefficient (Wildman–Crippen LogP) is 3.03. The summed E-state index contributed by atoms with van der Waals surface area (Å²) < 4.78 is 9.24. The van der Waals surface area contributed by atoms with Crippen molar-refractivity contribution in [2.24, 2.45) is 0 Å². The number of furan rings is 1. The number of carbonyl (C=O) groups excluding carboxylic acids is 2. The average Bonchev–Trinajstić information content (AvgIpc) is 3.22. The zero-order valence-electron chi connectivity index (χ0n) is 15.1. The smallest absolute Gasteiger partial charge is 0.276 e. The van der Waals surface area contributed by atoms with Crippen molar-refractivity contribution in [1.82, 2.24) is 19.8 Å². The molecule has 0 spiro atoms. The molecular weight excluding hydrogens is 340 g/mol. The molecule has 0 bridgehead atoms. The largest absolute Gasteiger partial charge is 0.467 e. The molecule has 0 unspecified atom stereocenters. The van der Waals surface area contributed by atoms with Crippen LogP contribution in [0.1, 0.15) is 63.3 Å². The van der Waals surface area contributed by atoms with Gasteiger partial charge in [0.15, 0.2) is 11.7 Å². The third kappa shape index (κ3) is 4.66. The van der Waals surface area contributed by atoms with Crippen LogP contribution in [0.25, 0.3) is 0 Å². The first-order chi connectivity index (χ1) is 11.7.